The minimum Gasteiger partial charge on any atom is -0.495 e. The van der Waals surface area contributed by atoms with E-state index in [0.29, 0.717) is 16.5 Å². The summed E-state index contributed by atoms with van der Waals surface area (Å²) in [5, 5.41) is 4.59. The van der Waals surface area contributed by atoms with Crippen LogP contribution in [-0.2, 0) is 4.79 Å². The third kappa shape index (κ3) is 3.90. The maximum Gasteiger partial charge on any atom is 0.227 e. The summed E-state index contributed by atoms with van der Waals surface area (Å²) in [6.45, 7) is 1.62. The van der Waals surface area contributed by atoms with Gasteiger partial charge in [-0.15, -0.1) is 0 Å². The molecule has 144 valence electrons. The molecule has 1 amide bonds. The standard InChI is InChI=1S/C22H22ClN3O2/c1-28-20-8-7-17(14-18(20)23)24-22(27)16-10-12-26(13-11-16)21-9-6-15-4-2-3-5-19(15)25-21/h2-9,14,16H,10-13H2,1H3,(H,24,27). The first-order valence-electron chi connectivity index (χ1n) is 9.39. The van der Waals surface area contributed by atoms with E-state index < -0.39 is 0 Å². The van der Waals surface area contributed by atoms with Gasteiger partial charge in [0.2, 0.25) is 5.91 Å². The summed E-state index contributed by atoms with van der Waals surface area (Å²) >= 11 is 6.14. The molecule has 0 spiro atoms. The van der Waals surface area contributed by atoms with Gasteiger partial charge in [-0.3, -0.25) is 4.79 Å². The SMILES string of the molecule is COc1ccc(NC(=O)C2CCN(c3ccc4ccccc4n3)CC2)cc1Cl. The number of aromatic nitrogens is 1. The van der Waals surface area contributed by atoms with Gasteiger partial charge < -0.3 is 15.0 Å². The normalized spacial score (nSPS) is 14.9. The second kappa shape index (κ2) is 8.07. The lowest BCUT2D eigenvalue weighted by atomic mass is 9.95. The maximum absolute atomic E-state index is 12.6. The largest absolute Gasteiger partial charge is 0.495 e. The maximum atomic E-state index is 12.6. The van der Waals surface area contributed by atoms with Crippen molar-refractivity contribution in [2.45, 2.75) is 12.8 Å². The van der Waals surface area contributed by atoms with Gasteiger partial charge in [-0.2, -0.15) is 0 Å². The van der Waals surface area contributed by atoms with Crippen molar-refractivity contribution < 1.29 is 9.53 Å². The highest BCUT2D eigenvalue weighted by Gasteiger charge is 2.26. The molecule has 1 aliphatic rings. The van der Waals surface area contributed by atoms with Gasteiger partial charge in [0, 0.05) is 30.1 Å². The molecule has 0 atom stereocenters. The number of halogens is 1. The van der Waals surface area contributed by atoms with E-state index in [1.807, 2.05) is 18.2 Å². The number of hydrogen-bond acceptors (Lipinski definition) is 4. The Bertz CT molecular complexity index is 1000. The highest BCUT2D eigenvalue weighted by atomic mass is 35.5. The van der Waals surface area contributed by atoms with Gasteiger partial charge in [0.25, 0.3) is 0 Å². The highest BCUT2D eigenvalue weighted by molar-refractivity contribution is 6.32. The molecule has 0 unspecified atom stereocenters. The molecule has 2 aromatic carbocycles. The van der Waals surface area contributed by atoms with E-state index in [2.05, 4.69) is 28.4 Å². The Balaban J connectivity index is 1.37. The number of carbonyl (C=O) groups is 1. The molecular weight excluding hydrogens is 374 g/mol. The first-order chi connectivity index (χ1) is 13.6. The number of piperidine rings is 1. The van der Waals surface area contributed by atoms with Crippen molar-refractivity contribution >= 4 is 39.9 Å². The zero-order valence-corrected chi connectivity index (χ0v) is 16.4. The average Bonchev–Trinajstić information content (AvgIpc) is 2.73. The van der Waals surface area contributed by atoms with Crippen LogP contribution in [0.25, 0.3) is 10.9 Å². The highest BCUT2D eigenvalue weighted by Crippen LogP contribution is 2.29. The Hall–Kier alpha value is -2.79. The fraction of sp³-hybridized carbons (Fsp3) is 0.273. The van der Waals surface area contributed by atoms with Gasteiger partial charge in [0.15, 0.2) is 0 Å². The molecule has 6 heteroatoms. The number of carbonyl (C=O) groups excluding carboxylic acids is 1. The molecule has 1 aromatic heterocycles. The van der Waals surface area contributed by atoms with Crippen LogP contribution >= 0.6 is 11.6 Å². The number of amides is 1. The molecule has 28 heavy (non-hydrogen) atoms. The summed E-state index contributed by atoms with van der Waals surface area (Å²) in [4.78, 5) is 19.6. The van der Waals surface area contributed by atoms with Gasteiger partial charge in [-0.1, -0.05) is 29.8 Å². The zero-order chi connectivity index (χ0) is 19.5. The first kappa shape index (κ1) is 18.6. The van der Waals surface area contributed by atoms with Crippen LogP contribution < -0.4 is 15.0 Å². The molecule has 1 N–H and O–H groups in total. The van der Waals surface area contributed by atoms with Crippen molar-refractivity contribution in [3.8, 4) is 5.75 Å². The van der Waals surface area contributed by atoms with Crippen molar-refractivity contribution in [3.05, 3.63) is 59.6 Å². The van der Waals surface area contributed by atoms with Crippen molar-refractivity contribution in [2.24, 2.45) is 5.92 Å². The van der Waals surface area contributed by atoms with Gasteiger partial charge in [-0.25, -0.2) is 4.98 Å². The molecule has 2 heterocycles. The monoisotopic (exact) mass is 395 g/mol. The van der Waals surface area contributed by atoms with E-state index in [9.17, 15) is 4.79 Å². The molecule has 0 bridgehead atoms. The number of benzene rings is 2. The van der Waals surface area contributed by atoms with E-state index in [-0.39, 0.29) is 11.8 Å². The second-order valence-corrected chi connectivity index (χ2v) is 7.37. The van der Waals surface area contributed by atoms with Gasteiger partial charge >= 0.3 is 0 Å². The Morgan fingerprint density at radius 1 is 1.14 bits per heavy atom. The summed E-state index contributed by atoms with van der Waals surface area (Å²) in [5.74, 6) is 1.58. The fourth-order valence-corrected chi connectivity index (χ4v) is 3.85. The number of hydrogen-bond donors (Lipinski definition) is 1. The predicted octanol–water partition coefficient (Wildman–Crippen LogP) is 4.75. The molecular formula is C22H22ClN3O2. The third-order valence-electron chi connectivity index (χ3n) is 5.19. The number of pyridine rings is 1. The Labute approximate surface area is 169 Å². The van der Waals surface area contributed by atoms with Crippen molar-refractivity contribution in [1.29, 1.82) is 0 Å². The molecule has 4 rings (SSSR count). The van der Waals surface area contributed by atoms with Crippen LogP contribution in [0, 0.1) is 5.92 Å². The molecule has 0 saturated carbocycles. The molecule has 5 nitrogen and oxygen atoms in total. The summed E-state index contributed by atoms with van der Waals surface area (Å²) in [6.07, 6.45) is 1.59. The smallest absolute Gasteiger partial charge is 0.227 e. The molecule has 3 aromatic rings. The number of fused-ring (bicyclic) bond motifs is 1. The van der Waals surface area contributed by atoms with Crippen LogP contribution in [0.15, 0.2) is 54.6 Å². The van der Waals surface area contributed by atoms with Crippen LogP contribution in [0.2, 0.25) is 5.02 Å². The number of para-hydroxylation sites is 1. The predicted molar refractivity (Wildman–Crippen MR) is 113 cm³/mol. The Kier molecular flexibility index (Phi) is 5.35. The minimum absolute atomic E-state index is 0.0161. The number of rotatable bonds is 4. The Morgan fingerprint density at radius 3 is 2.68 bits per heavy atom. The van der Waals surface area contributed by atoms with Gasteiger partial charge in [-0.05, 0) is 49.2 Å². The van der Waals surface area contributed by atoms with E-state index in [1.54, 1.807) is 25.3 Å². The number of methoxy groups -OCH3 is 1. The van der Waals surface area contributed by atoms with Crippen LogP contribution in [0.5, 0.6) is 5.75 Å². The van der Waals surface area contributed by atoms with Gasteiger partial charge in [0.1, 0.15) is 11.6 Å². The fourth-order valence-electron chi connectivity index (χ4n) is 3.59. The molecule has 1 aliphatic heterocycles. The summed E-state index contributed by atoms with van der Waals surface area (Å²) in [5.41, 5.74) is 1.69. The topological polar surface area (TPSA) is 54.5 Å². The molecule has 0 radical (unpaired) electrons. The zero-order valence-electron chi connectivity index (χ0n) is 15.7. The van der Waals surface area contributed by atoms with Crippen LogP contribution in [0.4, 0.5) is 11.5 Å². The molecule has 1 fully saturated rings. The van der Waals surface area contributed by atoms with E-state index in [1.165, 1.54) is 0 Å². The van der Waals surface area contributed by atoms with E-state index in [0.717, 1.165) is 42.7 Å². The van der Waals surface area contributed by atoms with Crippen molar-refractivity contribution in [2.75, 3.05) is 30.4 Å². The summed E-state index contributed by atoms with van der Waals surface area (Å²) < 4.78 is 5.15. The third-order valence-corrected chi connectivity index (χ3v) is 5.49. The lowest BCUT2D eigenvalue weighted by Crippen LogP contribution is -2.38. The lowest BCUT2D eigenvalue weighted by molar-refractivity contribution is -0.120. The summed E-state index contributed by atoms with van der Waals surface area (Å²) in [6, 6.07) is 17.5. The number of nitrogens with zero attached hydrogens (tertiary/aromatic N) is 2. The molecule has 1 saturated heterocycles. The van der Waals surface area contributed by atoms with Crippen LogP contribution in [0.1, 0.15) is 12.8 Å². The van der Waals surface area contributed by atoms with E-state index in [4.69, 9.17) is 21.3 Å². The van der Waals surface area contributed by atoms with Crippen LogP contribution in [0.3, 0.4) is 0 Å². The van der Waals surface area contributed by atoms with Gasteiger partial charge in [0.05, 0.1) is 17.6 Å². The van der Waals surface area contributed by atoms with Crippen LogP contribution in [-0.4, -0.2) is 31.1 Å². The average molecular weight is 396 g/mol. The number of anilines is 2. The quantitative estimate of drug-likeness (QED) is 0.692. The summed E-state index contributed by atoms with van der Waals surface area (Å²) in [7, 11) is 1.57. The minimum atomic E-state index is -0.0161. The Morgan fingerprint density at radius 2 is 1.93 bits per heavy atom. The molecule has 0 aliphatic carbocycles. The first-order valence-corrected chi connectivity index (χ1v) is 9.77. The second-order valence-electron chi connectivity index (χ2n) is 6.96. The van der Waals surface area contributed by atoms with Crippen molar-refractivity contribution in [1.82, 2.24) is 4.98 Å². The lowest BCUT2D eigenvalue weighted by Gasteiger charge is -2.32. The number of ether oxygens (including phenoxy) is 1. The number of nitrogens with one attached hydrogen (secondary N) is 1. The van der Waals surface area contributed by atoms with Crippen molar-refractivity contribution in [3.63, 3.8) is 0 Å². The van der Waals surface area contributed by atoms with E-state index >= 15 is 0 Å².